The van der Waals surface area contributed by atoms with Crippen LogP contribution in [0.15, 0.2) is 12.2 Å². The Morgan fingerprint density at radius 3 is 2.59 bits per heavy atom. The second kappa shape index (κ2) is 4.90. The maximum absolute atomic E-state index is 12.3. The van der Waals surface area contributed by atoms with Crippen molar-refractivity contribution in [3.05, 3.63) is 12.2 Å². The third kappa shape index (κ3) is 2.68. The number of hydrogen-bond donors (Lipinski definition) is 1. The molecule has 1 aliphatic heterocycles. The van der Waals surface area contributed by atoms with Gasteiger partial charge in [0.2, 0.25) is 11.8 Å². The molecule has 0 aromatic heterocycles. The molecule has 1 heterocycles. The summed E-state index contributed by atoms with van der Waals surface area (Å²) in [5.74, 6) is 0.472. The minimum absolute atomic E-state index is 0.0258. The van der Waals surface area contributed by atoms with E-state index < -0.39 is 0 Å². The first kappa shape index (κ1) is 12.1. The van der Waals surface area contributed by atoms with Crippen LogP contribution in [0.2, 0.25) is 0 Å². The van der Waals surface area contributed by atoms with Gasteiger partial charge < -0.3 is 10.2 Å². The van der Waals surface area contributed by atoms with Crippen molar-refractivity contribution >= 4 is 11.8 Å². The van der Waals surface area contributed by atoms with Gasteiger partial charge in [0.05, 0.1) is 6.54 Å². The van der Waals surface area contributed by atoms with E-state index in [0.29, 0.717) is 5.92 Å². The molecular formula is C13H20N2O2. The number of hydrogen-bond acceptors (Lipinski definition) is 2. The molecular weight excluding hydrogens is 216 g/mol. The molecule has 0 aromatic carbocycles. The number of nitrogens with one attached hydrogen (secondary N) is 1. The molecule has 17 heavy (non-hydrogen) atoms. The lowest BCUT2D eigenvalue weighted by molar-refractivity contribution is -0.146. The van der Waals surface area contributed by atoms with E-state index in [1.807, 2.05) is 0 Å². The average Bonchev–Trinajstić information content (AvgIpc) is 2.75. The quantitative estimate of drug-likeness (QED) is 0.745. The van der Waals surface area contributed by atoms with Crippen molar-refractivity contribution < 1.29 is 9.59 Å². The summed E-state index contributed by atoms with van der Waals surface area (Å²) < 4.78 is 0. The first-order valence-corrected chi connectivity index (χ1v) is 6.32. The van der Waals surface area contributed by atoms with Gasteiger partial charge in [0, 0.05) is 6.04 Å². The van der Waals surface area contributed by atoms with Gasteiger partial charge in [-0.1, -0.05) is 26.0 Å². The molecule has 0 aromatic rings. The van der Waals surface area contributed by atoms with E-state index in [1.54, 1.807) is 4.90 Å². The van der Waals surface area contributed by atoms with E-state index in [1.165, 1.54) is 0 Å². The van der Waals surface area contributed by atoms with Gasteiger partial charge in [-0.15, -0.1) is 0 Å². The minimum Gasteiger partial charge on any atom is -0.343 e. The van der Waals surface area contributed by atoms with Gasteiger partial charge in [-0.2, -0.15) is 0 Å². The van der Waals surface area contributed by atoms with Gasteiger partial charge >= 0.3 is 0 Å². The lowest BCUT2D eigenvalue weighted by Crippen LogP contribution is -2.60. The van der Waals surface area contributed by atoms with E-state index >= 15 is 0 Å². The molecule has 2 aliphatic rings. The van der Waals surface area contributed by atoms with Crippen molar-refractivity contribution in [3.63, 3.8) is 0 Å². The smallest absolute Gasteiger partial charge is 0.245 e. The third-order valence-corrected chi connectivity index (χ3v) is 3.36. The van der Waals surface area contributed by atoms with Crippen molar-refractivity contribution in [2.45, 2.75) is 45.2 Å². The van der Waals surface area contributed by atoms with Crippen LogP contribution in [-0.2, 0) is 9.59 Å². The van der Waals surface area contributed by atoms with Crippen molar-refractivity contribution in [2.24, 2.45) is 5.92 Å². The fraction of sp³-hybridized carbons (Fsp3) is 0.692. The van der Waals surface area contributed by atoms with Crippen LogP contribution in [0.25, 0.3) is 0 Å². The summed E-state index contributed by atoms with van der Waals surface area (Å²) >= 11 is 0. The predicted molar refractivity (Wildman–Crippen MR) is 65.3 cm³/mol. The molecule has 2 rings (SSSR count). The Bertz CT molecular complexity index is 341. The lowest BCUT2D eigenvalue weighted by atomic mass is 9.99. The van der Waals surface area contributed by atoms with Crippen molar-refractivity contribution in [2.75, 3.05) is 6.54 Å². The molecule has 94 valence electrons. The molecule has 1 unspecified atom stereocenters. The number of piperazine rings is 1. The van der Waals surface area contributed by atoms with E-state index in [2.05, 4.69) is 31.3 Å². The third-order valence-electron chi connectivity index (χ3n) is 3.36. The highest BCUT2D eigenvalue weighted by Gasteiger charge is 2.36. The van der Waals surface area contributed by atoms with Crippen molar-refractivity contribution in [1.29, 1.82) is 0 Å². The molecule has 2 amide bonds. The fourth-order valence-electron chi connectivity index (χ4n) is 2.53. The Kier molecular flexibility index (Phi) is 3.50. The van der Waals surface area contributed by atoms with Gasteiger partial charge in [-0.25, -0.2) is 0 Å². The number of nitrogens with zero attached hydrogens (tertiary/aromatic N) is 1. The zero-order chi connectivity index (χ0) is 12.4. The monoisotopic (exact) mass is 236 g/mol. The van der Waals surface area contributed by atoms with Crippen LogP contribution in [0.3, 0.4) is 0 Å². The number of carbonyl (C=O) groups is 2. The molecule has 0 spiro atoms. The standard InChI is InChI=1S/C13H20N2O2/c1-9(2)7-11-13(17)15(8-12(16)14-11)10-5-3-4-6-10/h3-4,9-11H,5-8H2,1-2H3,(H,14,16). The van der Waals surface area contributed by atoms with E-state index in [0.717, 1.165) is 19.3 Å². The molecule has 1 atom stereocenters. The van der Waals surface area contributed by atoms with E-state index in [9.17, 15) is 9.59 Å². The topological polar surface area (TPSA) is 49.4 Å². The Balaban J connectivity index is 2.05. The first-order valence-electron chi connectivity index (χ1n) is 6.32. The summed E-state index contributed by atoms with van der Waals surface area (Å²) in [7, 11) is 0. The predicted octanol–water partition coefficient (Wildman–Crippen LogP) is 1.08. The van der Waals surface area contributed by atoms with Crippen LogP contribution in [-0.4, -0.2) is 35.3 Å². The summed E-state index contributed by atoms with van der Waals surface area (Å²) in [5.41, 5.74) is 0. The van der Waals surface area contributed by atoms with Crippen LogP contribution in [0.1, 0.15) is 33.1 Å². The first-order chi connectivity index (χ1) is 8.08. The highest BCUT2D eigenvalue weighted by molar-refractivity contribution is 5.95. The van der Waals surface area contributed by atoms with Crippen molar-refractivity contribution in [1.82, 2.24) is 10.2 Å². The van der Waals surface area contributed by atoms with Crippen LogP contribution < -0.4 is 5.32 Å². The summed E-state index contributed by atoms with van der Waals surface area (Å²) in [6.45, 7) is 4.35. The van der Waals surface area contributed by atoms with Crippen LogP contribution in [0.5, 0.6) is 0 Å². The average molecular weight is 236 g/mol. The minimum atomic E-state index is -0.322. The molecule has 4 nitrogen and oxygen atoms in total. The second-order valence-corrected chi connectivity index (χ2v) is 5.31. The lowest BCUT2D eigenvalue weighted by Gasteiger charge is -2.37. The molecule has 4 heteroatoms. The normalized spacial score (nSPS) is 25.8. The Morgan fingerprint density at radius 2 is 2.00 bits per heavy atom. The fourth-order valence-corrected chi connectivity index (χ4v) is 2.53. The van der Waals surface area contributed by atoms with Gasteiger partial charge in [0.1, 0.15) is 6.04 Å². The number of amides is 2. The maximum Gasteiger partial charge on any atom is 0.245 e. The molecule has 1 aliphatic carbocycles. The zero-order valence-electron chi connectivity index (χ0n) is 10.5. The van der Waals surface area contributed by atoms with Crippen LogP contribution >= 0.6 is 0 Å². The van der Waals surface area contributed by atoms with E-state index in [4.69, 9.17) is 0 Å². The van der Waals surface area contributed by atoms with Gasteiger partial charge in [-0.3, -0.25) is 9.59 Å². The number of carbonyl (C=O) groups excluding carboxylic acids is 2. The molecule has 1 saturated heterocycles. The van der Waals surface area contributed by atoms with Gasteiger partial charge in [0.15, 0.2) is 0 Å². The highest BCUT2D eigenvalue weighted by atomic mass is 16.2. The Morgan fingerprint density at radius 1 is 1.35 bits per heavy atom. The highest BCUT2D eigenvalue weighted by Crippen LogP contribution is 2.21. The maximum atomic E-state index is 12.3. The van der Waals surface area contributed by atoms with Crippen LogP contribution in [0, 0.1) is 5.92 Å². The molecule has 0 saturated carbocycles. The molecule has 0 radical (unpaired) electrons. The van der Waals surface area contributed by atoms with E-state index in [-0.39, 0.29) is 30.4 Å². The SMILES string of the molecule is CC(C)CC1NC(=O)CN(C2CC=CC2)C1=O. The number of rotatable bonds is 3. The second-order valence-electron chi connectivity index (χ2n) is 5.31. The van der Waals surface area contributed by atoms with Crippen molar-refractivity contribution in [3.8, 4) is 0 Å². The summed E-state index contributed by atoms with van der Waals surface area (Å²) in [6.07, 6.45) is 6.66. The molecule has 1 fully saturated rings. The van der Waals surface area contributed by atoms with Gasteiger partial charge in [0.25, 0.3) is 0 Å². The van der Waals surface area contributed by atoms with Crippen LogP contribution in [0.4, 0.5) is 0 Å². The Hall–Kier alpha value is -1.32. The Labute approximate surface area is 102 Å². The van der Waals surface area contributed by atoms with Gasteiger partial charge in [-0.05, 0) is 25.2 Å². The summed E-state index contributed by atoms with van der Waals surface area (Å²) in [5, 5.41) is 2.80. The molecule has 1 N–H and O–H groups in total. The summed E-state index contributed by atoms with van der Waals surface area (Å²) in [6, 6.07) is -0.125. The largest absolute Gasteiger partial charge is 0.343 e. The summed E-state index contributed by atoms with van der Waals surface area (Å²) in [4.78, 5) is 25.7. The molecule has 0 bridgehead atoms. The zero-order valence-corrected chi connectivity index (χ0v) is 10.5.